The molecule has 118 valence electrons. The van der Waals surface area contributed by atoms with Crippen molar-refractivity contribution in [1.29, 1.82) is 0 Å². The van der Waals surface area contributed by atoms with Crippen LogP contribution < -0.4 is 0 Å². The van der Waals surface area contributed by atoms with Crippen molar-refractivity contribution in [1.82, 2.24) is 0 Å². The summed E-state index contributed by atoms with van der Waals surface area (Å²) in [6, 6.07) is 0. The summed E-state index contributed by atoms with van der Waals surface area (Å²) in [5.74, 6) is 1.95. The summed E-state index contributed by atoms with van der Waals surface area (Å²) in [7, 11) is 0. The molecule has 2 unspecified atom stereocenters. The summed E-state index contributed by atoms with van der Waals surface area (Å²) < 4.78 is 0. The van der Waals surface area contributed by atoms with Gasteiger partial charge in [-0.15, -0.1) is 0 Å². The maximum atomic E-state index is 4.51. The van der Waals surface area contributed by atoms with Crippen LogP contribution in [0.25, 0.3) is 0 Å². The largest absolute Gasteiger partial charge is 0.0993 e. The highest BCUT2D eigenvalue weighted by atomic mass is 14.7. The Balaban J connectivity index is 1.75. The molecule has 5 atom stereocenters. The topological polar surface area (TPSA) is 0 Å². The second-order valence-electron chi connectivity index (χ2n) is 10.4. The minimum Gasteiger partial charge on any atom is -0.0993 e. The van der Waals surface area contributed by atoms with E-state index < -0.39 is 0 Å². The minimum atomic E-state index is 0.490. The summed E-state index contributed by atoms with van der Waals surface area (Å²) in [4.78, 5) is 0. The van der Waals surface area contributed by atoms with Crippen LogP contribution in [0.1, 0.15) is 85.5 Å². The predicted molar refractivity (Wildman–Crippen MR) is 90.1 cm³/mol. The fourth-order valence-corrected chi connectivity index (χ4v) is 8.00. The Labute approximate surface area is 131 Å². The van der Waals surface area contributed by atoms with Gasteiger partial charge in [0.1, 0.15) is 0 Å². The van der Waals surface area contributed by atoms with Crippen LogP contribution in [0.2, 0.25) is 0 Å². The molecule has 2 bridgehead atoms. The van der Waals surface area contributed by atoms with E-state index in [1.54, 1.807) is 5.57 Å². The molecule has 21 heavy (non-hydrogen) atoms. The summed E-state index contributed by atoms with van der Waals surface area (Å²) in [5, 5.41) is 0. The van der Waals surface area contributed by atoms with E-state index in [1.807, 2.05) is 0 Å². The lowest BCUT2D eigenvalue weighted by Crippen LogP contribution is -2.56. The molecule has 0 heterocycles. The van der Waals surface area contributed by atoms with E-state index in [0.29, 0.717) is 21.7 Å². The van der Waals surface area contributed by atoms with Crippen LogP contribution in [0.3, 0.4) is 0 Å². The van der Waals surface area contributed by atoms with Crippen LogP contribution in [0.4, 0.5) is 0 Å². The smallest absolute Gasteiger partial charge is 0.0113 e. The Kier molecular flexibility index (Phi) is 2.72. The van der Waals surface area contributed by atoms with Gasteiger partial charge < -0.3 is 0 Å². The van der Waals surface area contributed by atoms with Gasteiger partial charge in [0, 0.05) is 0 Å². The van der Waals surface area contributed by atoms with Crippen molar-refractivity contribution >= 4 is 0 Å². The monoisotopic (exact) mass is 286 g/mol. The van der Waals surface area contributed by atoms with Crippen LogP contribution >= 0.6 is 0 Å². The van der Waals surface area contributed by atoms with E-state index in [4.69, 9.17) is 0 Å². The van der Waals surface area contributed by atoms with Crippen LogP contribution in [0.15, 0.2) is 12.2 Å². The second-order valence-corrected chi connectivity index (χ2v) is 10.4. The molecule has 0 saturated heterocycles. The average Bonchev–Trinajstić information content (AvgIpc) is 2.54. The quantitative estimate of drug-likeness (QED) is 0.454. The average molecular weight is 287 g/mol. The molecule has 0 N–H and O–H groups in total. The zero-order chi connectivity index (χ0) is 15.1. The van der Waals surface area contributed by atoms with Crippen molar-refractivity contribution in [2.75, 3.05) is 0 Å². The van der Waals surface area contributed by atoms with Crippen LogP contribution in [0, 0.1) is 33.5 Å². The first-order chi connectivity index (χ1) is 9.72. The molecule has 0 aliphatic heterocycles. The molecule has 0 amide bonds. The van der Waals surface area contributed by atoms with E-state index in [-0.39, 0.29) is 0 Å². The molecular weight excluding hydrogens is 252 g/mol. The molecule has 0 heteroatoms. The van der Waals surface area contributed by atoms with Gasteiger partial charge in [0.15, 0.2) is 0 Å². The van der Waals surface area contributed by atoms with Crippen LogP contribution in [-0.4, -0.2) is 0 Å². The lowest BCUT2D eigenvalue weighted by atomic mass is 9.40. The fourth-order valence-electron chi connectivity index (χ4n) is 8.00. The standard InChI is InChI=1S/C21H34/c1-15-13-21-12-8-16-18(2,3)9-6-10-20(16,5)17(21)7-11-19(15,4)14-21/h16-17H,1,6-14H2,2-5H3/t16?,17?,19-,20-,21-/m1/s1. The first-order valence-electron chi connectivity index (χ1n) is 9.40. The highest BCUT2D eigenvalue weighted by molar-refractivity contribution is 5.26. The maximum absolute atomic E-state index is 4.51. The molecule has 4 aliphatic carbocycles. The maximum Gasteiger partial charge on any atom is -0.0113 e. The van der Waals surface area contributed by atoms with Gasteiger partial charge in [-0.3, -0.25) is 0 Å². The predicted octanol–water partition coefficient (Wildman–Crippen LogP) is 6.37. The number of fused-ring (bicyclic) bond motifs is 3. The molecule has 0 aromatic carbocycles. The molecule has 4 aliphatic rings. The third-order valence-corrected chi connectivity index (χ3v) is 8.89. The number of hydrogen-bond donors (Lipinski definition) is 0. The molecular formula is C21H34. The van der Waals surface area contributed by atoms with Crippen molar-refractivity contribution < 1.29 is 0 Å². The number of rotatable bonds is 0. The van der Waals surface area contributed by atoms with Crippen molar-refractivity contribution in [2.24, 2.45) is 33.5 Å². The fraction of sp³-hybridized carbons (Fsp3) is 0.905. The highest BCUT2D eigenvalue weighted by Crippen LogP contribution is 2.74. The molecule has 0 aromatic rings. The SMILES string of the molecule is C=C1C[C@@]23CCC4C(C)(C)CCC[C@@]4(C)C2CC[C@]1(C)C3. The Morgan fingerprint density at radius 2 is 1.62 bits per heavy atom. The third-order valence-electron chi connectivity index (χ3n) is 8.89. The Morgan fingerprint density at radius 1 is 0.905 bits per heavy atom. The first-order valence-corrected chi connectivity index (χ1v) is 9.40. The lowest BCUT2D eigenvalue weighted by Gasteiger charge is -2.64. The molecule has 4 fully saturated rings. The van der Waals surface area contributed by atoms with Gasteiger partial charge in [-0.1, -0.05) is 46.3 Å². The first kappa shape index (κ1) is 14.3. The summed E-state index contributed by atoms with van der Waals surface area (Å²) in [6.07, 6.45) is 13.1. The minimum absolute atomic E-state index is 0.490. The third kappa shape index (κ3) is 1.68. The van der Waals surface area contributed by atoms with Gasteiger partial charge in [-0.05, 0) is 84.9 Å². The van der Waals surface area contributed by atoms with Gasteiger partial charge >= 0.3 is 0 Å². The summed E-state index contributed by atoms with van der Waals surface area (Å²) in [6.45, 7) is 14.8. The van der Waals surface area contributed by atoms with E-state index in [9.17, 15) is 0 Å². The lowest BCUT2D eigenvalue weighted by molar-refractivity contribution is -0.149. The molecule has 0 aromatic heterocycles. The van der Waals surface area contributed by atoms with Crippen LogP contribution in [0.5, 0.6) is 0 Å². The van der Waals surface area contributed by atoms with Crippen LogP contribution in [-0.2, 0) is 0 Å². The van der Waals surface area contributed by atoms with Crippen molar-refractivity contribution in [3.8, 4) is 0 Å². The summed E-state index contributed by atoms with van der Waals surface area (Å²) in [5.41, 5.74) is 3.92. The normalized spacial score (nSPS) is 55.0. The molecule has 0 nitrogen and oxygen atoms in total. The number of allylic oxidation sites excluding steroid dienone is 1. The molecule has 0 radical (unpaired) electrons. The number of hydrogen-bond acceptors (Lipinski definition) is 0. The molecule has 4 saturated carbocycles. The van der Waals surface area contributed by atoms with Gasteiger partial charge in [0.05, 0.1) is 0 Å². The van der Waals surface area contributed by atoms with Gasteiger partial charge in [-0.2, -0.15) is 0 Å². The van der Waals surface area contributed by atoms with Crippen molar-refractivity contribution in [3.63, 3.8) is 0 Å². The Hall–Kier alpha value is -0.260. The Morgan fingerprint density at radius 3 is 2.38 bits per heavy atom. The van der Waals surface area contributed by atoms with Crippen molar-refractivity contribution in [3.05, 3.63) is 12.2 Å². The summed E-state index contributed by atoms with van der Waals surface area (Å²) >= 11 is 0. The van der Waals surface area contributed by atoms with E-state index in [2.05, 4.69) is 34.3 Å². The van der Waals surface area contributed by atoms with E-state index >= 15 is 0 Å². The van der Waals surface area contributed by atoms with Gasteiger partial charge in [0.2, 0.25) is 0 Å². The zero-order valence-corrected chi connectivity index (χ0v) is 14.7. The van der Waals surface area contributed by atoms with Gasteiger partial charge in [0.25, 0.3) is 0 Å². The highest BCUT2D eigenvalue weighted by Gasteiger charge is 2.65. The van der Waals surface area contributed by atoms with E-state index in [1.165, 1.54) is 57.8 Å². The molecule has 4 rings (SSSR count). The van der Waals surface area contributed by atoms with E-state index in [0.717, 1.165) is 11.8 Å². The zero-order valence-electron chi connectivity index (χ0n) is 14.7. The van der Waals surface area contributed by atoms with Crippen molar-refractivity contribution in [2.45, 2.75) is 85.5 Å². The molecule has 1 spiro atoms. The Bertz CT molecular complexity index is 486. The van der Waals surface area contributed by atoms with Gasteiger partial charge in [-0.25, -0.2) is 0 Å². The second kappa shape index (κ2) is 3.98.